The van der Waals surface area contributed by atoms with Crippen molar-refractivity contribution in [1.29, 1.82) is 0 Å². The summed E-state index contributed by atoms with van der Waals surface area (Å²) in [6.07, 6.45) is -9.43. The van der Waals surface area contributed by atoms with Crippen molar-refractivity contribution >= 4 is 23.5 Å². The van der Waals surface area contributed by atoms with E-state index < -0.39 is 35.1 Å². The Morgan fingerprint density at radius 2 is 1.55 bits per heavy atom. The smallest absolute Gasteiger partial charge is 0.416 e. The molecule has 0 unspecified atom stereocenters. The molecule has 2 aliphatic rings. The van der Waals surface area contributed by atoms with Crippen LogP contribution in [0.1, 0.15) is 46.8 Å². The van der Waals surface area contributed by atoms with Gasteiger partial charge in [0.15, 0.2) is 0 Å². The lowest BCUT2D eigenvalue weighted by Gasteiger charge is -2.29. The van der Waals surface area contributed by atoms with Gasteiger partial charge in [-0.25, -0.2) is 4.98 Å². The van der Waals surface area contributed by atoms with Gasteiger partial charge in [0.1, 0.15) is 5.56 Å². The molecule has 0 saturated carbocycles. The number of ether oxygens (including phenoxy) is 1. The van der Waals surface area contributed by atoms with Gasteiger partial charge in [0.25, 0.3) is 5.91 Å². The standard InChI is InChI=1S/C30H29F6N5O3/c1-18-7-3-4-8-23(18)25-24-26(38-28(37-25)40-10-5-9-39(12-13-40)19(2)42)44-14-6-11-41(27(24)43)22-16-20(29(31,32)33)15-21(17-22)30(34,35)36/h3-4,7-8,15-17H,5-6,9-14H2,1-2H3. The summed E-state index contributed by atoms with van der Waals surface area (Å²) in [4.78, 5) is 39.9. The van der Waals surface area contributed by atoms with Gasteiger partial charge in [-0.15, -0.1) is 0 Å². The highest BCUT2D eigenvalue weighted by Gasteiger charge is 2.39. The van der Waals surface area contributed by atoms with E-state index in [9.17, 15) is 35.9 Å². The molecule has 8 nitrogen and oxygen atoms in total. The van der Waals surface area contributed by atoms with Crippen LogP contribution < -0.4 is 14.5 Å². The molecule has 234 valence electrons. The Bertz CT molecular complexity index is 1540. The van der Waals surface area contributed by atoms with Gasteiger partial charge in [-0.05, 0) is 43.5 Å². The Labute approximate surface area is 249 Å². The molecule has 0 aliphatic carbocycles. The number of rotatable bonds is 3. The number of carbonyl (C=O) groups is 2. The third-order valence-electron chi connectivity index (χ3n) is 7.60. The minimum absolute atomic E-state index is 0.0103. The van der Waals surface area contributed by atoms with E-state index >= 15 is 0 Å². The van der Waals surface area contributed by atoms with Crippen molar-refractivity contribution < 1.29 is 40.7 Å². The zero-order chi connectivity index (χ0) is 31.8. The predicted octanol–water partition coefficient (Wildman–Crippen LogP) is 5.98. The summed E-state index contributed by atoms with van der Waals surface area (Å²) in [5.41, 5.74) is -2.41. The summed E-state index contributed by atoms with van der Waals surface area (Å²) in [7, 11) is 0. The van der Waals surface area contributed by atoms with E-state index in [2.05, 4.69) is 4.98 Å². The number of aromatic nitrogens is 2. The van der Waals surface area contributed by atoms with Crippen LogP contribution in [0.25, 0.3) is 11.3 Å². The number of nitrogens with zero attached hydrogens (tertiary/aromatic N) is 5. The lowest BCUT2D eigenvalue weighted by molar-refractivity contribution is -0.143. The number of aryl methyl sites for hydroxylation is 1. The maximum absolute atomic E-state index is 14.2. The second-order valence-electron chi connectivity index (χ2n) is 10.6. The summed E-state index contributed by atoms with van der Waals surface area (Å²) >= 11 is 0. The highest BCUT2D eigenvalue weighted by Crippen LogP contribution is 2.40. The molecular weight excluding hydrogens is 592 g/mol. The Balaban J connectivity index is 1.67. The third kappa shape index (κ3) is 6.43. The number of hydrogen-bond acceptors (Lipinski definition) is 6. The molecule has 1 fully saturated rings. The van der Waals surface area contributed by atoms with Crippen molar-refractivity contribution in [2.75, 3.05) is 49.1 Å². The van der Waals surface area contributed by atoms with Crippen molar-refractivity contribution in [3.8, 4) is 17.1 Å². The molecule has 0 N–H and O–H groups in total. The van der Waals surface area contributed by atoms with Crippen LogP contribution in [0.15, 0.2) is 42.5 Å². The number of amides is 2. The topological polar surface area (TPSA) is 78.9 Å². The fourth-order valence-electron chi connectivity index (χ4n) is 5.30. The summed E-state index contributed by atoms with van der Waals surface area (Å²) in [6.45, 7) is 4.91. The van der Waals surface area contributed by atoms with Gasteiger partial charge in [0, 0.05) is 50.9 Å². The van der Waals surface area contributed by atoms with Crippen molar-refractivity contribution in [3.05, 3.63) is 64.7 Å². The number of anilines is 2. The van der Waals surface area contributed by atoms with Gasteiger partial charge in [0.2, 0.25) is 17.7 Å². The van der Waals surface area contributed by atoms with Gasteiger partial charge in [-0.2, -0.15) is 31.3 Å². The van der Waals surface area contributed by atoms with Gasteiger partial charge < -0.3 is 19.4 Å². The fourth-order valence-corrected chi connectivity index (χ4v) is 5.30. The molecule has 2 amide bonds. The molecular formula is C30H29F6N5O3. The van der Waals surface area contributed by atoms with Crippen LogP contribution in [-0.4, -0.2) is 66.0 Å². The second-order valence-corrected chi connectivity index (χ2v) is 10.6. The lowest BCUT2D eigenvalue weighted by Crippen LogP contribution is -2.37. The largest absolute Gasteiger partial charge is 0.477 e. The van der Waals surface area contributed by atoms with E-state index in [4.69, 9.17) is 9.72 Å². The number of carbonyl (C=O) groups excluding carboxylic acids is 2. The van der Waals surface area contributed by atoms with E-state index in [0.29, 0.717) is 50.3 Å². The molecule has 3 heterocycles. The van der Waals surface area contributed by atoms with Crippen LogP contribution in [0.2, 0.25) is 0 Å². The first-order chi connectivity index (χ1) is 20.7. The number of fused-ring (bicyclic) bond motifs is 1. The first-order valence-electron chi connectivity index (χ1n) is 14.0. The average Bonchev–Trinajstić information content (AvgIpc) is 3.21. The van der Waals surface area contributed by atoms with Gasteiger partial charge in [0.05, 0.1) is 23.4 Å². The Morgan fingerprint density at radius 3 is 2.18 bits per heavy atom. The summed E-state index contributed by atoms with van der Waals surface area (Å²) < 4.78 is 88.1. The minimum atomic E-state index is -5.09. The Morgan fingerprint density at radius 1 is 0.864 bits per heavy atom. The molecule has 44 heavy (non-hydrogen) atoms. The minimum Gasteiger partial charge on any atom is -0.477 e. The molecule has 3 aromatic rings. The SMILES string of the molecule is CC(=O)N1CCCN(c2nc3c(c(-c4ccccc4C)n2)C(=O)N(c2cc(C(F)(F)F)cc(C(F)(F)F)c2)CCCO3)CC1. The quantitative estimate of drug-likeness (QED) is 0.335. The highest BCUT2D eigenvalue weighted by molar-refractivity contribution is 6.11. The summed E-state index contributed by atoms with van der Waals surface area (Å²) in [5.74, 6) is -0.858. The molecule has 2 aromatic carbocycles. The van der Waals surface area contributed by atoms with E-state index in [0.717, 1.165) is 10.5 Å². The van der Waals surface area contributed by atoms with Crippen molar-refractivity contribution in [2.24, 2.45) is 0 Å². The molecule has 0 spiro atoms. The number of hydrogen-bond donors (Lipinski definition) is 0. The first kappa shape index (κ1) is 31.1. The van der Waals surface area contributed by atoms with E-state index in [1.807, 2.05) is 4.90 Å². The highest BCUT2D eigenvalue weighted by atomic mass is 19.4. The second kappa shape index (κ2) is 12.0. The molecule has 14 heteroatoms. The van der Waals surface area contributed by atoms with Crippen molar-refractivity contribution in [1.82, 2.24) is 14.9 Å². The maximum Gasteiger partial charge on any atom is 0.416 e. The van der Waals surface area contributed by atoms with E-state index in [1.54, 1.807) is 36.1 Å². The van der Waals surface area contributed by atoms with Crippen LogP contribution in [0.5, 0.6) is 5.88 Å². The van der Waals surface area contributed by atoms with E-state index in [1.165, 1.54) is 6.92 Å². The molecule has 0 atom stereocenters. The van der Waals surface area contributed by atoms with Crippen LogP contribution in [-0.2, 0) is 17.1 Å². The van der Waals surface area contributed by atoms with Crippen LogP contribution >= 0.6 is 0 Å². The monoisotopic (exact) mass is 621 g/mol. The maximum atomic E-state index is 14.2. The van der Waals surface area contributed by atoms with Crippen LogP contribution in [0.4, 0.5) is 38.0 Å². The molecule has 5 rings (SSSR count). The third-order valence-corrected chi connectivity index (χ3v) is 7.60. The van der Waals surface area contributed by atoms with Crippen LogP contribution in [0.3, 0.4) is 0 Å². The van der Waals surface area contributed by atoms with Crippen LogP contribution in [0, 0.1) is 6.92 Å². The van der Waals surface area contributed by atoms with Crippen molar-refractivity contribution in [2.45, 2.75) is 39.0 Å². The number of alkyl halides is 6. The van der Waals surface area contributed by atoms with Gasteiger partial charge >= 0.3 is 12.4 Å². The molecule has 0 bridgehead atoms. The first-order valence-corrected chi connectivity index (χ1v) is 14.0. The average molecular weight is 622 g/mol. The Hall–Kier alpha value is -4.36. The van der Waals surface area contributed by atoms with Gasteiger partial charge in [-0.3, -0.25) is 9.59 Å². The van der Waals surface area contributed by atoms with Gasteiger partial charge in [-0.1, -0.05) is 24.3 Å². The molecule has 2 aliphatic heterocycles. The molecule has 1 aromatic heterocycles. The number of halogens is 6. The number of benzene rings is 2. The van der Waals surface area contributed by atoms with Crippen molar-refractivity contribution in [3.63, 3.8) is 0 Å². The lowest BCUT2D eigenvalue weighted by atomic mass is 10.00. The Kier molecular flexibility index (Phi) is 8.45. The molecule has 0 radical (unpaired) electrons. The summed E-state index contributed by atoms with van der Waals surface area (Å²) in [5, 5.41) is 0. The summed E-state index contributed by atoms with van der Waals surface area (Å²) in [6, 6.07) is 8.10. The zero-order valence-electron chi connectivity index (χ0n) is 23.9. The fraction of sp³-hybridized carbons (Fsp3) is 0.400. The van der Waals surface area contributed by atoms with E-state index in [-0.39, 0.29) is 54.6 Å². The predicted molar refractivity (Wildman–Crippen MR) is 150 cm³/mol. The normalized spacial score (nSPS) is 16.5. The molecule has 1 saturated heterocycles. The zero-order valence-corrected chi connectivity index (χ0v) is 23.9.